The summed E-state index contributed by atoms with van der Waals surface area (Å²) in [4.78, 5) is 17.4. The fraction of sp³-hybridized carbons (Fsp3) is 0.250. The molecule has 0 aliphatic carbocycles. The minimum atomic E-state index is -4.82. The predicted molar refractivity (Wildman–Crippen MR) is 87.8 cm³/mol. The molecular formula is C16H15F3N2O4S. The highest BCUT2D eigenvalue weighted by Crippen LogP contribution is 2.26. The molecule has 1 heterocycles. The summed E-state index contributed by atoms with van der Waals surface area (Å²) in [7, 11) is -2.31. The first-order chi connectivity index (χ1) is 12.0. The van der Waals surface area contributed by atoms with E-state index in [2.05, 4.69) is 9.72 Å². The molecule has 0 saturated heterocycles. The first-order valence-corrected chi connectivity index (χ1v) is 9.02. The molecule has 140 valence electrons. The van der Waals surface area contributed by atoms with Crippen LogP contribution in [0, 0.1) is 0 Å². The number of nitrogens with zero attached hydrogens (tertiary/aromatic N) is 2. The Balaban J connectivity index is 2.31. The van der Waals surface area contributed by atoms with Crippen molar-refractivity contribution in [3.05, 3.63) is 48.3 Å². The maximum absolute atomic E-state index is 12.6. The van der Waals surface area contributed by atoms with E-state index < -0.39 is 27.9 Å². The van der Waals surface area contributed by atoms with Gasteiger partial charge in [0.25, 0.3) is 5.91 Å². The summed E-state index contributed by atoms with van der Waals surface area (Å²) in [6.45, 7) is 1.44. The number of carbonyl (C=O) groups excluding carboxylic acids is 1. The van der Waals surface area contributed by atoms with Crippen LogP contribution in [0.1, 0.15) is 17.4 Å². The summed E-state index contributed by atoms with van der Waals surface area (Å²) >= 11 is 0. The van der Waals surface area contributed by atoms with Gasteiger partial charge in [0.2, 0.25) is 0 Å². The van der Waals surface area contributed by atoms with Crippen molar-refractivity contribution in [2.45, 2.75) is 18.2 Å². The van der Waals surface area contributed by atoms with Crippen LogP contribution in [-0.2, 0) is 9.84 Å². The molecular weight excluding hydrogens is 373 g/mol. The van der Waals surface area contributed by atoms with Gasteiger partial charge in [-0.25, -0.2) is 13.4 Å². The highest BCUT2D eigenvalue weighted by molar-refractivity contribution is 7.91. The van der Waals surface area contributed by atoms with E-state index in [1.165, 1.54) is 44.4 Å². The molecule has 0 bridgehead atoms. The van der Waals surface area contributed by atoms with Crippen molar-refractivity contribution in [3.63, 3.8) is 0 Å². The van der Waals surface area contributed by atoms with Crippen molar-refractivity contribution in [3.8, 4) is 5.75 Å². The average molecular weight is 388 g/mol. The monoisotopic (exact) mass is 388 g/mol. The second-order valence-corrected chi connectivity index (χ2v) is 7.41. The van der Waals surface area contributed by atoms with Crippen LogP contribution in [0.15, 0.2) is 47.5 Å². The van der Waals surface area contributed by atoms with Gasteiger partial charge >= 0.3 is 6.36 Å². The smallest absolute Gasteiger partial charge is 0.406 e. The summed E-state index contributed by atoms with van der Waals surface area (Å²) in [6.07, 6.45) is -3.53. The Kier molecular flexibility index (Phi) is 5.55. The van der Waals surface area contributed by atoms with Gasteiger partial charge in [-0.05, 0) is 36.4 Å². The number of hydrogen-bond donors (Lipinski definition) is 0. The van der Waals surface area contributed by atoms with E-state index in [0.29, 0.717) is 0 Å². The second-order valence-electron chi connectivity index (χ2n) is 5.16. The van der Waals surface area contributed by atoms with Gasteiger partial charge in [-0.3, -0.25) is 4.79 Å². The van der Waals surface area contributed by atoms with Crippen LogP contribution in [0.3, 0.4) is 0 Å². The number of benzene rings is 1. The minimum absolute atomic E-state index is 0.198. The summed E-state index contributed by atoms with van der Waals surface area (Å²) in [6, 6.07) is 7.28. The van der Waals surface area contributed by atoms with Crippen molar-refractivity contribution in [2.24, 2.45) is 0 Å². The molecule has 0 spiro atoms. The Labute approximate surface area is 148 Å². The quantitative estimate of drug-likeness (QED) is 0.787. The summed E-state index contributed by atoms with van der Waals surface area (Å²) in [5, 5.41) is 0. The molecule has 0 aliphatic heterocycles. The van der Waals surface area contributed by atoms with Crippen molar-refractivity contribution in [2.75, 3.05) is 17.7 Å². The lowest BCUT2D eigenvalue weighted by atomic mass is 10.2. The molecule has 0 fully saturated rings. The number of alkyl halides is 3. The van der Waals surface area contributed by atoms with Gasteiger partial charge in [0.1, 0.15) is 11.4 Å². The lowest BCUT2D eigenvalue weighted by Gasteiger charge is -2.19. The van der Waals surface area contributed by atoms with E-state index in [4.69, 9.17) is 0 Å². The zero-order valence-corrected chi connectivity index (χ0v) is 14.6. The number of ether oxygens (including phenoxy) is 1. The van der Waals surface area contributed by atoms with Crippen molar-refractivity contribution >= 4 is 21.4 Å². The first kappa shape index (κ1) is 19.7. The zero-order chi connectivity index (χ0) is 19.5. The van der Waals surface area contributed by atoms with Crippen LogP contribution in [0.25, 0.3) is 0 Å². The third kappa shape index (κ3) is 4.51. The van der Waals surface area contributed by atoms with Crippen LogP contribution in [-0.4, -0.2) is 38.5 Å². The number of halogens is 3. The molecule has 1 amide bonds. The highest BCUT2D eigenvalue weighted by atomic mass is 32.2. The summed E-state index contributed by atoms with van der Waals surface area (Å²) in [5.74, 6) is -1.34. The molecule has 0 unspecified atom stereocenters. The topological polar surface area (TPSA) is 76.6 Å². The van der Waals surface area contributed by atoms with E-state index in [1.807, 2.05) is 0 Å². The molecule has 10 heteroatoms. The van der Waals surface area contributed by atoms with E-state index in [9.17, 15) is 26.4 Å². The number of hydrogen-bond acceptors (Lipinski definition) is 5. The maximum Gasteiger partial charge on any atom is 0.573 e. The number of pyridine rings is 1. The Morgan fingerprint density at radius 1 is 1.19 bits per heavy atom. The Hall–Kier alpha value is -2.62. The molecule has 2 aromatic rings. The fourth-order valence-electron chi connectivity index (χ4n) is 2.11. The van der Waals surface area contributed by atoms with Gasteiger partial charge in [-0.1, -0.05) is 6.92 Å². The lowest BCUT2D eigenvalue weighted by molar-refractivity contribution is -0.274. The lowest BCUT2D eigenvalue weighted by Crippen LogP contribution is -2.29. The molecule has 1 aromatic heterocycles. The third-order valence-electron chi connectivity index (χ3n) is 3.45. The molecule has 1 aromatic carbocycles. The van der Waals surface area contributed by atoms with Crippen LogP contribution < -0.4 is 9.64 Å². The molecule has 0 aliphatic rings. The summed E-state index contributed by atoms with van der Waals surface area (Å²) < 4.78 is 64.6. The standard InChI is InChI=1S/C16H15F3N2O4S/c1-3-26(23,24)13-5-4-10-20-14(13)15(22)21(2)11-6-8-12(9-7-11)25-16(17,18)19/h4-10H,3H2,1-2H3. The normalized spacial score (nSPS) is 11.9. The van der Waals surface area contributed by atoms with E-state index in [0.717, 1.165) is 17.0 Å². The van der Waals surface area contributed by atoms with Gasteiger partial charge in [-0.2, -0.15) is 0 Å². The highest BCUT2D eigenvalue weighted by Gasteiger charge is 2.31. The number of carbonyl (C=O) groups is 1. The minimum Gasteiger partial charge on any atom is -0.406 e. The van der Waals surface area contributed by atoms with Gasteiger partial charge in [0.05, 0.1) is 10.6 Å². The second kappa shape index (κ2) is 7.32. The molecule has 26 heavy (non-hydrogen) atoms. The van der Waals surface area contributed by atoms with Crippen molar-refractivity contribution in [1.29, 1.82) is 0 Å². The van der Waals surface area contributed by atoms with Gasteiger partial charge in [-0.15, -0.1) is 13.2 Å². The first-order valence-electron chi connectivity index (χ1n) is 7.37. The Morgan fingerprint density at radius 3 is 2.35 bits per heavy atom. The maximum atomic E-state index is 12.6. The van der Waals surface area contributed by atoms with Gasteiger partial charge < -0.3 is 9.64 Å². The molecule has 0 N–H and O–H groups in total. The third-order valence-corrected chi connectivity index (χ3v) is 5.21. The largest absolute Gasteiger partial charge is 0.573 e. The van der Waals surface area contributed by atoms with E-state index in [1.54, 1.807) is 0 Å². The van der Waals surface area contributed by atoms with Crippen molar-refractivity contribution in [1.82, 2.24) is 4.98 Å². The number of anilines is 1. The zero-order valence-electron chi connectivity index (χ0n) is 13.8. The van der Waals surface area contributed by atoms with E-state index in [-0.39, 0.29) is 22.0 Å². The number of aromatic nitrogens is 1. The Morgan fingerprint density at radius 2 is 1.81 bits per heavy atom. The number of rotatable bonds is 5. The Bertz CT molecular complexity index is 896. The summed E-state index contributed by atoms with van der Waals surface area (Å²) in [5.41, 5.74) is -0.0116. The average Bonchev–Trinajstić information content (AvgIpc) is 2.60. The van der Waals surface area contributed by atoms with Crippen LogP contribution in [0.5, 0.6) is 5.75 Å². The molecule has 6 nitrogen and oxygen atoms in total. The number of sulfone groups is 1. The van der Waals surface area contributed by atoms with Crippen LogP contribution in [0.4, 0.5) is 18.9 Å². The van der Waals surface area contributed by atoms with Crippen molar-refractivity contribution < 1.29 is 31.1 Å². The van der Waals surface area contributed by atoms with Gasteiger partial charge in [0.15, 0.2) is 9.84 Å². The number of amides is 1. The van der Waals surface area contributed by atoms with Gasteiger partial charge in [0, 0.05) is 18.9 Å². The molecule has 0 saturated carbocycles. The molecule has 0 radical (unpaired) electrons. The van der Waals surface area contributed by atoms with E-state index >= 15 is 0 Å². The molecule has 0 atom stereocenters. The fourth-order valence-corrected chi connectivity index (χ4v) is 3.14. The predicted octanol–water partition coefficient (Wildman–Crippen LogP) is 3.05. The molecule has 2 rings (SSSR count). The SMILES string of the molecule is CCS(=O)(=O)c1cccnc1C(=O)N(C)c1ccc(OC(F)(F)F)cc1. The van der Waals surface area contributed by atoms with Crippen LogP contribution in [0.2, 0.25) is 0 Å². The van der Waals surface area contributed by atoms with Crippen LogP contribution >= 0.6 is 0 Å².